The molecule has 0 aromatic heterocycles. The lowest BCUT2D eigenvalue weighted by Crippen LogP contribution is -2.14. The van der Waals surface area contributed by atoms with Gasteiger partial charge in [-0.15, -0.1) is 0 Å². The van der Waals surface area contributed by atoms with Crippen molar-refractivity contribution in [3.63, 3.8) is 0 Å². The highest BCUT2D eigenvalue weighted by Gasteiger charge is 2.21. The van der Waals surface area contributed by atoms with Crippen molar-refractivity contribution in [1.29, 1.82) is 0 Å². The molecule has 0 saturated heterocycles. The van der Waals surface area contributed by atoms with Gasteiger partial charge in [0.1, 0.15) is 5.75 Å². The summed E-state index contributed by atoms with van der Waals surface area (Å²) >= 11 is 21.9. The number of nitrogens with two attached hydrogens (primary N) is 1. The lowest BCUT2D eigenvalue weighted by molar-refractivity contribution is 0.405. The average molecular weight is 396 g/mol. The fraction of sp³-hybridized carbons (Fsp3) is 0.143. The zero-order valence-corrected chi connectivity index (χ0v) is 14.3. The normalized spacial score (nSPS) is 12.3. The van der Waals surface area contributed by atoms with Gasteiger partial charge < -0.3 is 10.5 Å². The third-order valence-corrected chi connectivity index (χ3v) is 4.35. The first-order valence-electron chi connectivity index (χ1n) is 5.68. The Bertz CT molecular complexity index is 628. The van der Waals surface area contributed by atoms with Gasteiger partial charge in [-0.25, -0.2) is 0 Å². The van der Waals surface area contributed by atoms with Crippen molar-refractivity contribution in [2.45, 2.75) is 6.04 Å². The number of rotatable bonds is 3. The highest BCUT2D eigenvalue weighted by atomic mass is 79.9. The summed E-state index contributed by atoms with van der Waals surface area (Å²) in [5.74, 6) is 0.609. The van der Waals surface area contributed by atoms with Crippen LogP contribution in [0.3, 0.4) is 0 Å². The van der Waals surface area contributed by atoms with E-state index in [4.69, 9.17) is 45.3 Å². The zero-order chi connectivity index (χ0) is 14.9. The third kappa shape index (κ3) is 3.07. The van der Waals surface area contributed by atoms with Crippen LogP contribution in [0.25, 0.3) is 0 Å². The maximum absolute atomic E-state index is 6.30. The van der Waals surface area contributed by atoms with Crippen molar-refractivity contribution in [2.75, 3.05) is 7.11 Å². The van der Waals surface area contributed by atoms with E-state index in [9.17, 15) is 0 Å². The minimum absolute atomic E-state index is 0.503. The summed E-state index contributed by atoms with van der Waals surface area (Å²) in [6.07, 6.45) is 0. The van der Waals surface area contributed by atoms with Gasteiger partial charge in [0, 0.05) is 26.2 Å². The molecule has 2 aromatic rings. The molecule has 0 spiro atoms. The van der Waals surface area contributed by atoms with Crippen LogP contribution in [-0.2, 0) is 0 Å². The zero-order valence-electron chi connectivity index (χ0n) is 10.5. The van der Waals surface area contributed by atoms with Crippen molar-refractivity contribution >= 4 is 50.7 Å². The topological polar surface area (TPSA) is 35.2 Å². The van der Waals surface area contributed by atoms with E-state index >= 15 is 0 Å². The molecule has 2 nitrogen and oxygen atoms in total. The molecule has 1 unspecified atom stereocenters. The molecule has 0 aliphatic carbocycles. The van der Waals surface area contributed by atoms with Gasteiger partial charge in [0.15, 0.2) is 0 Å². The molecule has 2 aromatic carbocycles. The highest BCUT2D eigenvalue weighted by molar-refractivity contribution is 9.10. The Morgan fingerprint density at radius 3 is 2.30 bits per heavy atom. The first-order chi connectivity index (χ1) is 9.45. The highest BCUT2D eigenvalue weighted by Crippen LogP contribution is 2.40. The standard InChI is InChI=1S/C14H11BrCl3NO/c1-20-14-8(5-7(16)6-9(14)15)13(19)12-10(17)3-2-4-11(12)18/h2-6,13H,19H2,1H3. The van der Waals surface area contributed by atoms with Gasteiger partial charge in [0.05, 0.1) is 17.6 Å². The van der Waals surface area contributed by atoms with Crippen molar-refractivity contribution in [3.8, 4) is 5.75 Å². The van der Waals surface area contributed by atoms with E-state index in [0.29, 0.717) is 31.9 Å². The van der Waals surface area contributed by atoms with E-state index < -0.39 is 6.04 Å². The molecular formula is C14H11BrCl3NO. The van der Waals surface area contributed by atoms with Crippen LogP contribution in [0.1, 0.15) is 17.2 Å². The summed E-state index contributed by atoms with van der Waals surface area (Å²) in [5, 5.41) is 1.55. The Morgan fingerprint density at radius 2 is 1.75 bits per heavy atom. The van der Waals surface area contributed by atoms with Crippen LogP contribution in [0, 0.1) is 0 Å². The quantitative estimate of drug-likeness (QED) is 0.748. The molecule has 1 atom stereocenters. The maximum Gasteiger partial charge on any atom is 0.138 e. The second-order valence-electron chi connectivity index (χ2n) is 4.12. The van der Waals surface area contributed by atoms with Gasteiger partial charge in [0.2, 0.25) is 0 Å². The molecule has 0 aliphatic heterocycles. The predicted octanol–water partition coefficient (Wildman–Crippen LogP) is 5.47. The lowest BCUT2D eigenvalue weighted by atomic mass is 9.98. The molecule has 0 fully saturated rings. The van der Waals surface area contributed by atoms with Gasteiger partial charge in [0.25, 0.3) is 0 Å². The van der Waals surface area contributed by atoms with E-state index in [2.05, 4.69) is 15.9 Å². The first kappa shape index (κ1) is 15.9. The Hall–Kier alpha value is -0.450. The van der Waals surface area contributed by atoms with Gasteiger partial charge in [-0.05, 0) is 40.2 Å². The number of hydrogen-bond acceptors (Lipinski definition) is 2. The second kappa shape index (κ2) is 6.54. The SMILES string of the molecule is COc1c(Br)cc(Cl)cc1C(N)c1c(Cl)cccc1Cl. The summed E-state index contributed by atoms with van der Waals surface area (Å²) < 4.78 is 6.11. The molecule has 106 valence electrons. The van der Waals surface area contributed by atoms with Crippen LogP contribution in [-0.4, -0.2) is 7.11 Å². The van der Waals surface area contributed by atoms with E-state index in [1.165, 1.54) is 0 Å². The Labute approximate surface area is 140 Å². The molecule has 0 amide bonds. The average Bonchev–Trinajstić information content (AvgIpc) is 2.37. The third-order valence-electron chi connectivity index (χ3n) is 2.89. The summed E-state index contributed by atoms with van der Waals surface area (Å²) in [4.78, 5) is 0. The molecule has 0 bridgehead atoms. The number of ether oxygens (including phenoxy) is 1. The molecule has 0 aliphatic rings. The van der Waals surface area contributed by atoms with E-state index in [1.54, 1.807) is 37.4 Å². The molecule has 0 saturated carbocycles. The van der Waals surface area contributed by atoms with Crippen molar-refractivity contribution in [3.05, 3.63) is 61.0 Å². The van der Waals surface area contributed by atoms with Crippen LogP contribution in [0.15, 0.2) is 34.8 Å². The monoisotopic (exact) mass is 393 g/mol. The number of benzene rings is 2. The van der Waals surface area contributed by atoms with Gasteiger partial charge in [-0.2, -0.15) is 0 Å². The molecule has 0 heterocycles. The van der Waals surface area contributed by atoms with Crippen molar-refractivity contribution < 1.29 is 4.74 Å². The largest absolute Gasteiger partial charge is 0.495 e. The van der Waals surface area contributed by atoms with Gasteiger partial charge in [-0.1, -0.05) is 40.9 Å². The minimum atomic E-state index is -0.541. The maximum atomic E-state index is 6.30. The van der Waals surface area contributed by atoms with E-state index in [-0.39, 0.29) is 0 Å². The van der Waals surface area contributed by atoms with Crippen molar-refractivity contribution in [2.24, 2.45) is 5.73 Å². The predicted molar refractivity (Wildman–Crippen MR) is 88.2 cm³/mol. The second-order valence-corrected chi connectivity index (χ2v) is 6.23. The molecule has 6 heteroatoms. The summed E-state index contributed by atoms with van der Waals surface area (Å²) in [6.45, 7) is 0. The lowest BCUT2D eigenvalue weighted by Gasteiger charge is -2.19. The van der Waals surface area contributed by atoms with Crippen LogP contribution >= 0.6 is 50.7 Å². The molecule has 0 radical (unpaired) electrons. The minimum Gasteiger partial charge on any atom is -0.495 e. The summed E-state index contributed by atoms with van der Waals surface area (Å²) in [6, 6.07) is 8.21. The Balaban J connectivity index is 2.62. The Kier molecular flexibility index (Phi) is 5.21. The fourth-order valence-electron chi connectivity index (χ4n) is 1.99. The van der Waals surface area contributed by atoms with Crippen LogP contribution in [0.2, 0.25) is 15.1 Å². The smallest absolute Gasteiger partial charge is 0.138 e. The summed E-state index contributed by atoms with van der Waals surface area (Å²) in [7, 11) is 1.57. The molecule has 2 N–H and O–H groups in total. The van der Waals surface area contributed by atoms with Crippen LogP contribution in [0.5, 0.6) is 5.75 Å². The molecular weight excluding hydrogens is 384 g/mol. The number of hydrogen-bond donors (Lipinski definition) is 1. The number of methoxy groups -OCH3 is 1. The van der Waals surface area contributed by atoms with Crippen molar-refractivity contribution in [1.82, 2.24) is 0 Å². The molecule has 20 heavy (non-hydrogen) atoms. The van der Waals surface area contributed by atoms with Gasteiger partial charge in [-0.3, -0.25) is 0 Å². The summed E-state index contributed by atoms with van der Waals surface area (Å²) in [5.41, 5.74) is 7.66. The van der Waals surface area contributed by atoms with E-state index in [1.807, 2.05) is 0 Å². The van der Waals surface area contributed by atoms with Gasteiger partial charge >= 0.3 is 0 Å². The van der Waals surface area contributed by atoms with Crippen LogP contribution in [0.4, 0.5) is 0 Å². The van der Waals surface area contributed by atoms with Crippen LogP contribution < -0.4 is 10.5 Å². The number of halogens is 4. The first-order valence-corrected chi connectivity index (χ1v) is 7.60. The Morgan fingerprint density at radius 1 is 1.15 bits per heavy atom. The van der Waals surface area contributed by atoms with E-state index in [0.717, 1.165) is 4.47 Å². The fourth-order valence-corrected chi connectivity index (χ4v) is 3.62. The molecule has 2 rings (SSSR count).